The Morgan fingerprint density at radius 2 is 2.18 bits per heavy atom. The normalized spacial score (nSPS) is 10.5. The van der Waals surface area contributed by atoms with Crippen molar-refractivity contribution >= 4 is 17.4 Å². The lowest BCUT2D eigenvalue weighted by molar-refractivity contribution is 0.414. The van der Waals surface area contributed by atoms with E-state index in [1.54, 1.807) is 19.2 Å². The van der Waals surface area contributed by atoms with Crippen molar-refractivity contribution in [3.05, 3.63) is 28.8 Å². The Morgan fingerprint density at radius 3 is 2.71 bits per heavy atom. The molecule has 1 heterocycles. The van der Waals surface area contributed by atoms with Crippen LogP contribution in [0.25, 0.3) is 11.3 Å². The second-order valence-electron chi connectivity index (χ2n) is 3.61. The summed E-state index contributed by atoms with van der Waals surface area (Å²) in [4.78, 5) is 0. The number of nitrogens with zero attached hydrogens (tertiary/aromatic N) is 1. The fourth-order valence-electron chi connectivity index (χ4n) is 1.69. The third-order valence-corrected chi connectivity index (χ3v) is 2.85. The largest absolute Gasteiger partial charge is 0.495 e. The van der Waals surface area contributed by atoms with E-state index in [0.29, 0.717) is 22.4 Å². The summed E-state index contributed by atoms with van der Waals surface area (Å²) in [6, 6.07) is 5.38. The minimum Gasteiger partial charge on any atom is -0.495 e. The highest BCUT2D eigenvalue weighted by Gasteiger charge is 2.13. The van der Waals surface area contributed by atoms with E-state index in [1.807, 2.05) is 13.0 Å². The Labute approximate surface area is 104 Å². The molecule has 2 rings (SSSR count). The van der Waals surface area contributed by atoms with E-state index in [-0.39, 0.29) is 0 Å². The van der Waals surface area contributed by atoms with Crippen LogP contribution < -0.4 is 10.5 Å². The van der Waals surface area contributed by atoms with E-state index >= 15 is 0 Å². The molecule has 0 unspecified atom stereocenters. The summed E-state index contributed by atoms with van der Waals surface area (Å²) in [6.45, 7) is 2.05. The van der Waals surface area contributed by atoms with Crippen molar-refractivity contribution < 1.29 is 9.26 Å². The Balaban J connectivity index is 2.57. The average Bonchev–Trinajstić information content (AvgIpc) is 2.75. The van der Waals surface area contributed by atoms with Crippen LogP contribution in [0.3, 0.4) is 0 Å². The molecule has 2 N–H and O–H groups in total. The van der Waals surface area contributed by atoms with Crippen molar-refractivity contribution in [3.8, 4) is 17.1 Å². The number of methoxy groups -OCH3 is 1. The predicted octanol–water partition coefficient (Wildman–Crippen LogP) is 3.15. The summed E-state index contributed by atoms with van der Waals surface area (Å²) < 4.78 is 10.3. The molecule has 0 radical (unpaired) electrons. The third-order valence-electron chi connectivity index (χ3n) is 2.55. The van der Waals surface area contributed by atoms with Gasteiger partial charge in [-0.05, 0) is 24.1 Å². The van der Waals surface area contributed by atoms with Gasteiger partial charge in [0.05, 0.1) is 12.1 Å². The second-order valence-corrected chi connectivity index (χ2v) is 4.02. The van der Waals surface area contributed by atoms with Gasteiger partial charge in [0.15, 0.2) is 11.6 Å². The highest BCUT2D eigenvalue weighted by Crippen LogP contribution is 2.34. The number of ether oxygens (including phenoxy) is 1. The Bertz CT molecular complexity index is 537. The van der Waals surface area contributed by atoms with Crippen molar-refractivity contribution in [3.63, 3.8) is 0 Å². The van der Waals surface area contributed by atoms with Crippen molar-refractivity contribution in [1.82, 2.24) is 5.16 Å². The maximum Gasteiger partial charge on any atom is 0.169 e. The summed E-state index contributed by atoms with van der Waals surface area (Å²) in [5.41, 5.74) is 7.50. The second kappa shape index (κ2) is 4.67. The van der Waals surface area contributed by atoms with Crippen molar-refractivity contribution in [2.24, 2.45) is 0 Å². The Morgan fingerprint density at radius 1 is 1.41 bits per heavy atom. The van der Waals surface area contributed by atoms with Crippen molar-refractivity contribution in [2.75, 3.05) is 12.8 Å². The van der Waals surface area contributed by atoms with Gasteiger partial charge in [-0.1, -0.05) is 23.7 Å². The van der Waals surface area contributed by atoms with Crippen LogP contribution >= 0.6 is 11.6 Å². The number of nitrogens with two attached hydrogens (primary N) is 1. The fraction of sp³-hybridized carbons (Fsp3) is 0.250. The van der Waals surface area contributed by atoms with Gasteiger partial charge in [0.1, 0.15) is 5.75 Å². The van der Waals surface area contributed by atoms with Gasteiger partial charge in [0, 0.05) is 11.6 Å². The van der Waals surface area contributed by atoms with E-state index in [9.17, 15) is 0 Å². The molecular formula is C12H13ClN2O2. The molecule has 0 fully saturated rings. The average molecular weight is 253 g/mol. The van der Waals surface area contributed by atoms with E-state index in [2.05, 4.69) is 5.16 Å². The molecule has 0 atom stereocenters. The molecular weight excluding hydrogens is 240 g/mol. The zero-order valence-corrected chi connectivity index (χ0v) is 10.4. The molecule has 0 amide bonds. The molecule has 0 spiro atoms. The number of hydrogen-bond donors (Lipinski definition) is 1. The highest BCUT2D eigenvalue weighted by atomic mass is 35.5. The zero-order valence-electron chi connectivity index (χ0n) is 9.66. The van der Waals surface area contributed by atoms with Gasteiger partial charge >= 0.3 is 0 Å². The first kappa shape index (κ1) is 11.8. The Hall–Kier alpha value is -1.68. The maximum atomic E-state index is 6.10. The lowest BCUT2D eigenvalue weighted by atomic mass is 10.0. The first-order valence-electron chi connectivity index (χ1n) is 5.24. The molecule has 0 aliphatic heterocycles. The number of rotatable bonds is 3. The van der Waals surface area contributed by atoms with Crippen LogP contribution in [0.1, 0.15) is 12.5 Å². The molecule has 2 aromatic rings. The number of nitrogen functional groups attached to an aromatic ring is 1. The van der Waals surface area contributed by atoms with Gasteiger partial charge in [-0.15, -0.1) is 0 Å². The zero-order chi connectivity index (χ0) is 12.4. The van der Waals surface area contributed by atoms with Crippen LogP contribution in [0.15, 0.2) is 22.7 Å². The lowest BCUT2D eigenvalue weighted by Gasteiger charge is -2.09. The summed E-state index contributed by atoms with van der Waals surface area (Å²) in [7, 11) is 1.59. The fourth-order valence-corrected chi connectivity index (χ4v) is 1.93. The van der Waals surface area contributed by atoms with Gasteiger partial charge in [-0.25, -0.2) is 0 Å². The molecule has 0 aliphatic carbocycles. The minimum atomic E-state index is 0.356. The van der Waals surface area contributed by atoms with Gasteiger partial charge in [-0.2, -0.15) is 0 Å². The van der Waals surface area contributed by atoms with Crippen LogP contribution in [0.2, 0.25) is 5.02 Å². The highest BCUT2D eigenvalue weighted by molar-refractivity contribution is 6.32. The molecule has 1 aromatic heterocycles. The van der Waals surface area contributed by atoms with Crippen molar-refractivity contribution in [1.29, 1.82) is 0 Å². The summed E-state index contributed by atoms with van der Waals surface area (Å²) in [5, 5.41) is 4.21. The topological polar surface area (TPSA) is 61.3 Å². The quantitative estimate of drug-likeness (QED) is 0.912. The number of hydrogen-bond acceptors (Lipinski definition) is 4. The molecule has 90 valence electrons. The molecule has 0 saturated carbocycles. The number of anilines is 1. The number of aryl methyl sites for hydroxylation is 1. The molecule has 1 aromatic carbocycles. The first-order chi connectivity index (χ1) is 8.15. The van der Waals surface area contributed by atoms with Crippen molar-refractivity contribution in [2.45, 2.75) is 13.3 Å². The summed E-state index contributed by atoms with van der Waals surface area (Å²) in [5.74, 6) is 1.62. The van der Waals surface area contributed by atoms with Crippen LogP contribution in [0.4, 0.5) is 5.82 Å². The molecule has 0 bridgehead atoms. The van der Waals surface area contributed by atoms with Gasteiger partial charge in [0.2, 0.25) is 0 Å². The molecule has 17 heavy (non-hydrogen) atoms. The summed E-state index contributed by atoms with van der Waals surface area (Å²) >= 11 is 6.10. The molecule has 0 saturated heterocycles. The van der Waals surface area contributed by atoms with Crippen LogP contribution in [-0.4, -0.2) is 12.3 Å². The Kier molecular flexibility index (Phi) is 3.24. The van der Waals surface area contributed by atoms with E-state index < -0.39 is 0 Å². The van der Waals surface area contributed by atoms with Gasteiger partial charge in [0.25, 0.3) is 0 Å². The molecule has 0 aliphatic rings. The number of aromatic nitrogens is 1. The predicted molar refractivity (Wildman–Crippen MR) is 67.3 cm³/mol. The first-order valence-corrected chi connectivity index (χ1v) is 5.62. The monoisotopic (exact) mass is 252 g/mol. The number of halogens is 1. The third kappa shape index (κ3) is 2.22. The van der Waals surface area contributed by atoms with E-state index in [4.69, 9.17) is 26.6 Å². The van der Waals surface area contributed by atoms with Crippen LogP contribution in [-0.2, 0) is 6.42 Å². The SMILES string of the molecule is CCc1cc(OC)c(Cl)cc1-c1cc(N)no1. The maximum absolute atomic E-state index is 6.10. The standard InChI is InChI=1S/C12H13ClN2O2/c1-3-7-4-11(16-2)9(13)5-8(7)10-6-12(14)15-17-10/h4-6H,3H2,1-2H3,(H2,14,15). The van der Waals surface area contributed by atoms with Crippen LogP contribution in [0.5, 0.6) is 5.75 Å². The smallest absolute Gasteiger partial charge is 0.169 e. The lowest BCUT2D eigenvalue weighted by Crippen LogP contribution is -1.91. The van der Waals surface area contributed by atoms with Crippen LogP contribution in [0, 0.1) is 0 Å². The number of benzene rings is 1. The van der Waals surface area contributed by atoms with E-state index in [0.717, 1.165) is 17.5 Å². The minimum absolute atomic E-state index is 0.356. The molecule has 4 nitrogen and oxygen atoms in total. The van der Waals surface area contributed by atoms with E-state index in [1.165, 1.54) is 0 Å². The molecule has 5 heteroatoms. The summed E-state index contributed by atoms with van der Waals surface area (Å²) in [6.07, 6.45) is 0.837. The van der Waals surface area contributed by atoms with Gasteiger partial charge < -0.3 is 15.0 Å². The van der Waals surface area contributed by atoms with Gasteiger partial charge in [-0.3, -0.25) is 0 Å².